The van der Waals surface area contributed by atoms with E-state index in [0.29, 0.717) is 5.92 Å². The van der Waals surface area contributed by atoms with Crippen molar-refractivity contribution in [2.24, 2.45) is 5.92 Å². The average Bonchev–Trinajstić information content (AvgIpc) is 2.34. The predicted octanol–water partition coefficient (Wildman–Crippen LogP) is 4.21. The first-order valence-electron chi connectivity index (χ1n) is 6.77. The highest BCUT2D eigenvalue weighted by Crippen LogP contribution is 2.48. The Balaban J connectivity index is 1.98. The Morgan fingerprint density at radius 3 is 3.00 bits per heavy atom. The van der Waals surface area contributed by atoms with E-state index in [2.05, 4.69) is 22.9 Å². The zero-order valence-electron chi connectivity index (χ0n) is 10.7. The van der Waals surface area contributed by atoms with E-state index in [1.165, 1.54) is 19.3 Å². The van der Waals surface area contributed by atoms with Crippen LogP contribution in [0.3, 0.4) is 0 Å². The van der Waals surface area contributed by atoms with Gasteiger partial charge in [0, 0.05) is 16.5 Å². The molecule has 18 heavy (non-hydrogen) atoms. The van der Waals surface area contributed by atoms with Crippen LogP contribution in [-0.4, -0.2) is 10.7 Å². The van der Waals surface area contributed by atoms with Crippen molar-refractivity contribution in [1.82, 2.24) is 0 Å². The molecule has 0 radical (unpaired) electrons. The molecule has 3 heteroatoms. The molecule has 2 unspecified atom stereocenters. The summed E-state index contributed by atoms with van der Waals surface area (Å²) in [6, 6.07) is 5.93. The van der Waals surface area contributed by atoms with Crippen LogP contribution >= 0.6 is 15.9 Å². The highest BCUT2D eigenvalue weighted by atomic mass is 79.9. The number of aliphatic hydroxyl groups excluding tert-OH is 1. The molecule has 1 saturated carbocycles. The lowest BCUT2D eigenvalue weighted by Gasteiger charge is -2.47. The lowest BCUT2D eigenvalue weighted by molar-refractivity contribution is -0.0717. The molecule has 3 rings (SSSR count). The van der Waals surface area contributed by atoms with Crippen molar-refractivity contribution < 1.29 is 9.84 Å². The molecule has 1 N–H and O–H groups in total. The molecule has 1 aromatic rings. The Morgan fingerprint density at radius 1 is 1.39 bits per heavy atom. The van der Waals surface area contributed by atoms with Gasteiger partial charge in [0.15, 0.2) is 0 Å². The average molecular weight is 311 g/mol. The van der Waals surface area contributed by atoms with Crippen molar-refractivity contribution in [3.05, 3.63) is 28.2 Å². The molecule has 0 saturated heterocycles. The van der Waals surface area contributed by atoms with Crippen molar-refractivity contribution in [3.63, 3.8) is 0 Å². The topological polar surface area (TPSA) is 29.5 Å². The van der Waals surface area contributed by atoms with Crippen LogP contribution in [-0.2, 0) is 0 Å². The van der Waals surface area contributed by atoms with E-state index >= 15 is 0 Å². The second-order valence-electron chi connectivity index (χ2n) is 5.72. The summed E-state index contributed by atoms with van der Waals surface area (Å²) < 4.78 is 7.31. The van der Waals surface area contributed by atoms with Gasteiger partial charge in [-0.15, -0.1) is 0 Å². The van der Waals surface area contributed by atoms with Gasteiger partial charge in [-0.25, -0.2) is 0 Å². The van der Waals surface area contributed by atoms with Crippen LogP contribution in [0.25, 0.3) is 0 Å². The summed E-state index contributed by atoms with van der Waals surface area (Å²) in [7, 11) is 0. The van der Waals surface area contributed by atoms with Gasteiger partial charge in [-0.05, 0) is 43.4 Å². The van der Waals surface area contributed by atoms with E-state index in [1.807, 2.05) is 18.2 Å². The lowest BCUT2D eigenvalue weighted by atomic mass is 9.71. The first-order chi connectivity index (χ1) is 8.61. The summed E-state index contributed by atoms with van der Waals surface area (Å²) in [6.07, 6.45) is 5.11. The van der Waals surface area contributed by atoms with E-state index in [0.717, 1.165) is 28.6 Å². The fraction of sp³-hybridized carbons (Fsp3) is 0.600. The molecule has 2 nitrogen and oxygen atoms in total. The molecule has 0 bridgehead atoms. The molecule has 1 heterocycles. The van der Waals surface area contributed by atoms with Gasteiger partial charge in [-0.1, -0.05) is 29.3 Å². The molecular formula is C15H19BrO2. The highest BCUT2D eigenvalue weighted by molar-refractivity contribution is 9.10. The minimum absolute atomic E-state index is 0.140. The molecule has 98 valence electrons. The van der Waals surface area contributed by atoms with Crippen LogP contribution in [0, 0.1) is 5.92 Å². The van der Waals surface area contributed by atoms with Crippen molar-refractivity contribution in [3.8, 4) is 5.75 Å². The normalized spacial score (nSPS) is 35.1. The number of fused-ring (bicyclic) bond motifs is 1. The number of hydrogen-bond donors (Lipinski definition) is 1. The zero-order chi connectivity index (χ0) is 12.8. The number of benzene rings is 1. The van der Waals surface area contributed by atoms with Gasteiger partial charge in [0.1, 0.15) is 11.4 Å². The summed E-state index contributed by atoms with van der Waals surface area (Å²) in [5.41, 5.74) is 0.783. The number of halogens is 1. The minimum Gasteiger partial charge on any atom is -0.487 e. The van der Waals surface area contributed by atoms with Gasteiger partial charge in [0.2, 0.25) is 0 Å². The molecule has 0 aromatic heterocycles. The van der Waals surface area contributed by atoms with E-state index in [1.54, 1.807) is 0 Å². The maximum Gasteiger partial charge on any atom is 0.126 e. The van der Waals surface area contributed by atoms with E-state index in [-0.39, 0.29) is 5.60 Å². The minimum atomic E-state index is -0.396. The lowest BCUT2D eigenvalue weighted by Crippen LogP contribution is -2.48. The first-order valence-corrected chi connectivity index (χ1v) is 7.56. The van der Waals surface area contributed by atoms with E-state index < -0.39 is 6.10 Å². The number of ether oxygens (including phenoxy) is 1. The summed E-state index contributed by atoms with van der Waals surface area (Å²) >= 11 is 3.45. The monoisotopic (exact) mass is 310 g/mol. The van der Waals surface area contributed by atoms with Crippen LogP contribution in [0.4, 0.5) is 0 Å². The molecule has 3 atom stereocenters. The number of aliphatic hydroxyl groups is 1. The first kappa shape index (κ1) is 12.5. The third-order valence-electron chi connectivity index (χ3n) is 4.57. The van der Waals surface area contributed by atoms with Crippen LogP contribution in [0.2, 0.25) is 0 Å². The smallest absolute Gasteiger partial charge is 0.126 e. The SMILES string of the molecule is CC1CCCCC12C[C@@H](O)c1cc(Br)ccc1O2. The summed E-state index contributed by atoms with van der Waals surface area (Å²) in [5.74, 6) is 1.39. The Labute approximate surface area is 116 Å². The van der Waals surface area contributed by atoms with Crippen LogP contribution < -0.4 is 4.74 Å². The predicted molar refractivity (Wildman–Crippen MR) is 74.7 cm³/mol. The quantitative estimate of drug-likeness (QED) is 0.777. The molecule has 1 aromatic carbocycles. The third kappa shape index (κ3) is 1.97. The Bertz CT molecular complexity index is 460. The number of hydrogen-bond acceptors (Lipinski definition) is 2. The van der Waals surface area contributed by atoms with Crippen molar-refractivity contribution in [1.29, 1.82) is 0 Å². The second kappa shape index (κ2) is 4.53. The molecule has 1 aliphatic heterocycles. The van der Waals surface area contributed by atoms with E-state index in [4.69, 9.17) is 4.74 Å². The summed E-state index contributed by atoms with van der Waals surface area (Å²) in [4.78, 5) is 0. The number of rotatable bonds is 0. The van der Waals surface area contributed by atoms with Gasteiger partial charge >= 0.3 is 0 Å². The van der Waals surface area contributed by atoms with E-state index in [9.17, 15) is 5.11 Å². The molecule has 1 aliphatic carbocycles. The van der Waals surface area contributed by atoms with Crippen molar-refractivity contribution in [2.75, 3.05) is 0 Å². The standard InChI is InChI=1S/C15H19BrO2/c1-10-4-2-3-7-15(10)9-13(17)12-8-11(16)5-6-14(12)18-15/h5-6,8,10,13,17H,2-4,7,9H2,1H3/t10?,13-,15?/m1/s1. The van der Waals surface area contributed by atoms with Gasteiger partial charge in [0.25, 0.3) is 0 Å². The fourth-order valence-electron chi connectivity index (χ4n) is 3.41. The van der Waals surface area contributed by atoms with Crippen molar-refractivity contribution in [2.45, 2.75) is 50.7 Å². The maximum atomic E-state index is 10.4. The fourth-order valence-corrected chi connectivity index (χ4v) is 3.79. The van der Waals surface area contributed by atoms with Gasteiger partial charge in [-0.2, -0.15) is 0 Å². The van der Waals surface area contributed by atoms with Crippen LogP contribution in [0.5, 0.6) is 5.75 Å². The summed E-state index contributed by atoms with van der Waals surface area (Å²) in [6.45, 7) is 2.26. The maximum absolute atomic E-state index is 10.4. The molecule has 2 aliphatic rings. The van der Waals surface area contributed by atoms with Crippen LogP contribution in [0.1, 0.15) is 50.7 Å². The third-order valence-corrected chi connectivity index (χ3v) is 5.06. The molecule has 0 amide bonds. The Morgan fingerprint density at radius 2 is 2.22 bits per heavy atom. The second-order valence-corrected chi connectivity index (χ2v) is 6.63. The van der Waals surface area contributed by atoms with Crippen LogP contribution in [0.15, 0.2) is 22.7 Å². The highest BCUT2D eigenvalue weighted by Gasteiger charge is 2.45. The largest absolute Gasteiger partial charge is 0.487 e. The molecule has 1 fully saturated rings. The van der Waals surface area contributed by atoms with Gasteiger partial charge in [-0.3, -0.25) is 0 Å². The summed E-state index contributed by atoms with van der Waals surface area (Å²) in [5, 5.41) is 10.4. The van der Waals surface area contributed by atoms with Crippen molar-refractivity contribution >= 4 is 15.9 Å². The molecular weight excluding hydrogens is 292 g/mol. The Hall–Kier alpha value is -0.540. The Kier molecular flexibility index (Phi) is 3.15. The molecule has 1 spiro atoms. The zero-order valence-corrected chi connectivity index (χ0v) is 12.2. The van der Waals surface area contributed by atoms with Gasteiger partial charge < -0.3 is 9.84 Å². The van der Waals surface area contributed by atoms with Gasteiger partial charge in [0.05, 0.1) is 6.10 Å².